The molecular formula is C15H15NO4S2. The van der Waals surface area contributed by atoms with E-state index in [1.807, 2.05) is 30.3 Å². The molecule has 0 atom stereocenters. The first kappa shape index (κ1) is 15.1. The second kappa shape index (κ2) is 6.12. The van der Waals surface area contributed by atoms with E-state index in [0.717, 1.165) is 28.1 Å². The Morgan fingerprint density at radius 2 is 2.09 bits per heavy atom. The number of hydrogen-bond acceptors (Lipinski definition) is 5. The predicted molar refractivity (Wildman–Crippen MR) is 86.0 cm³/mol. The van der Waals surface area contributed by atoms with Crippen LogP contribution in [-0.4, -0.2) is 22.1 Å². The van der Waals surface area contributed by atoms with Crippen molar-refractivity contribution in [2.45, 2.75) is 10.6 Å². The van der Waals surface area contributed by atoms with Crippen molar-refractivity contribution >= 4 is 32.3 Å². The van der Waals surface area contributed by atoms with Crippen molar-refractivity contribution in [3.63, 3.8) is 0 Å². The number of benzene rings is 1. The van der Waals surface area contributed by atoms with Crippen LogP contribution >= 0.6 is 11.3 Å². The molecule has 0 spiro atoms. The third-order valence-corrected chi connectivity index (χ3v) is 6.11. The average Bonchev–Trinajstić information content (AvgIpc) is 3.13. The van der Waals surface area contributed by atoms with E-state index in [1.54, 1.807) is 11.4 Å². The Morgan fingerprint density at radius 3 is 2.86 bits per heavy atom. The number of para-hydroxylation sites is 1. The molecule has 3 rings (SSSR count). The van der Waals surface area contributed by atoms with Crippen molar-refractivity contribution in [2.24, 2.45) is 0 Å². The summed E-state index contributed by atoms with van der Waals surface area (Å²) < 4.78 is 37.9. The number of hydrogen-bond donors (Lipinski definition) is 1. The summed E-state index contributed by atoms with van der Waals surface area (Å²) in [5.74, 6) is 1.11. The highest BCUT2D eigenvalue weighted by molar-refractivity contribution is 7.91. The van der Waals surface area contributed by atoms with E-state index in [0.29, 0.717) is 12.2 Å². The molecule has 0 aliphatic rings. The second-order valence-corrected chi connectivity index (χ2v) is 7.55. The lowest BCUT2D eigenvalue weighted by Crippen LogP contribution is -2.25. The zero-order valence-electron chi connectivity index (χ0n) is 11.9. The number of rotatable bonds is 6. The molecule has 116 valence electrons. The molecule has 0 bridgehead atoms. The average molecular weight is 337 g/mol. The number of thiophene rings is 1. The molecule has 0 aliphatic carbocycles. The second-order valence-electron chi connectivity index (χ2n) is 4.67. The molecule has 2 aromatic heterocycles. The van der Waals surface area contributed by atoms with Crippen LogP contribution in [0.1, 0.15) is 5.76 Å². The lowest BCUT2D eigenvalue weighted by Gasteiger charge is -2.05. The minimum absolute atomic E-state index is 0.194. The SMILES string of the molecule is COc1ccsc1S(=O)(=O)NCCc1cc2ccccc2o1. The molecule has 3 aromatic rings. The summed E-state index contributed by atoms with van der Waals surface area (Å²) in [5.41, 5.74) is 0.806. The first-order valence-electron chi connectivity index (χ1n) is 6.69. The summed E-state index contributed by atoms with van der Waals surface area (Å²) in [6.07, 6.45) is 0.488. The van der Waals surface area contributed by atoms with Crippen LogP contribution in [0, 0.1) is 0 Å². The number of furan rings is 1. The van der Waals surface area contributed by atoms with Crippen molar-refractivity contribution in [2.75, 3.05) is 13.7 Å². The number of ether oxygens (including phenoxy) is 1. The molecule has 1 aromatic carbocycles. The Labute approximate surface area is 132 Å². The third kappa shape index (κ3) is 3.01. The van der Waals surface area contributed by atoms with Crippen LogP contribution in [0.15, 0.2) is 50.4 Å². The third-order valence-electron chi connectivity index (χ3n) is 3.20. The van der Waals surface area contributed by atoms with Gasteiger partial charge in [-0.3, -0.25) is 0 Å². The topological polar surface area (TPSA) is 68.5 Å². The monoisotopic (exact) mass is 337 g/mol. The van der Waals surface area contributed by atoms with Gasteiger partial charge in [-0.05, 0) is 23.6 Å². The van der Waals surface area contributed by atoms with Gasteiger partial charge in [0, 0.05) is 18.4 Å². The predicted octanol–water partition coefficient (Wildman–Crippen LogP) is 3.02. The van der Waals surface area contributed by atoms with E-state index in [4.69, 9.17) is 9.15 Å². The quantitative estimate of drug-likeness (QED) is 0.751. The van der Waals surface area contributed by atoms with E-state index in [1.165, 1.54) is 7.11 Å². The largest absolute Gasteiger partial charge is 0.494 e. The Morgan fingerprint density at radius 1 is 1.27 bits per heavy atom. The van der Waals surface area contributed by atoms with Gasteiger partial charge in [0.2, 0.25) is 0 Å². The van der Waals surface area contributed by atoms with Gasteiger partial charge in [-0.25, -0.2) is 13.1 Å². The molecule has 0 unspecified atom stereocenters. The maximum absolute atomic E-state index is 12.2. The van der Waals surface area contributed by atoms with Gasteiger partial charge in [0.15, 0.2) is 4.21 Å². The highest BCUT2D eigenvalue weighted by Gasteiger charge is 2.20. The molecule has 0 saturated heterocycles. The van der Waals surface area contributed by atoms with Crippen molar-refractivity contribution in [3.05, 3.63) is 47.5 Å². The van der Waals surface area contributed by atoms with Crippen LogP contribution in [0.25, 0.3) is 11.0 Å². The van der Waals surface area contributed by atoms with Gasteiger partial charge in [-0.2, -0.15) is 0 Å². The van der Waals surface area contributed by atoms with Gasteiger partial charge >= 0.3 is 0 Å². The Hall–Kier alpha value is -1.83. The van der Waals surface area contributed by atoms with Gasteiger partial charge in [0.25, 0.3) is 10.0 Å². The van der Waals surface area contributed by atoms with Crippen LogP contribution < -0.4 is 9.46 Å². The van der Waals surface area contributed by atoms with Crippen LogP contribution in [0.4, 0.5) is 0 Å². The minimum atomic E-state index is -3.56. The summed E-state index contributed by atoms with van der Waals surface area (Å²) in [6, 6.07) is 11.3. The molecule has 7 heteroatoms. The van der Waals surface area contributed by atoms with Crippen LogP contribution in [-0.2, 0) is 16.4 Å². The molecule has 0 fully saturated rings. The molecule has 0 saturated carbocycles. The van der Waals surface area contributed by atoms with Crippen molar-refractivity contribution in [3.8, 4) is 5.75 Å². The fourth-order valence-corrected chi connectivity index (χ4v) is 4.52. The number of methoxy groups -OCH3 is 1. The standard InChI is InChI=1S/C15H15NO4S2/c1-19-14-7-9-21-15(14)22(17,18)16-8-6-12-10-11-4-2-3-5-13(11)20-12/h2-5,7,9-10,16H,6,8H2,1H3. The zero-order chi connectivity index (χ0) is 15.6. The molecule has 2 heterocycles. The van der Waals surface area contributed by atoms with Gasteiger partial charge in [-0.1, -0.05) is 18.2 Å². The lowest BCUT2D eigenvalue weighted by atomic mass is 10.2. The number of nitrogens with one attached hydrogen (secondary N) is 1. The van der Waals surface area contributed by atoms with E-state index in [2.05, 4.69) is 4.72 Å². The van der Waals surface area contributed by atoms with Crippen molar-refractivity contribution in [1.29, 1.82) is 0 Å². The summed E-state index contributed by atoms with van der Waals surface area (Å²) in [4.78, 5) is 0. The molecule has 0 amide bonds. The van der Waals surface area contributed by atoms with E-state index in [-0.39, 0.29) is 10.8 Å². The molecule has 1 N–H and O–H groups in total. The highest BCUT2D eigenvalue weighted by atomic mass is 32.2. The van der Waals surface area contributed by atoms with Gasteiger partial charge in [0.1, 0.15) is 17.1 Å². The molecular weight excluding hydrogens is 322 g/mol. The summed E-state index contributed by atoms with van der Waals surface area (Å²) in [5, 5.41) is 2.70. The minimum Gasteiger partial charge on any atom is -0.494 e. The maximum atomic E-state index is 12.2. The Balaban J connectivity index is 1.67. The van der Waals surface area contributed by atoms with E-state index in [9.17, 15) is 8.42 Å². The van der Waals surface area contributed by atoms with Gasteiger partial charge in [-0.15, -0.1) is 11.3 Å². The Bertz CT molecular complexity index is 847. The van der Waals surface area contributed by atoms with Gasteiger partial charge < -0.3 is 9.15 Å². The molecule has 5 nitrogen and oxygen atoms in total. The van der Waals surface area contributed by atoms with Crippen molar-refractivity contribution in [1.82, 2.24) is 4.72 Å². The van der Waals surface area contributed by atoms with Crippen LogP contribution in [0.3, 0.4) is 0 Å². The Kier molecular flexibility index (Phi) is 4.19. The highest BCUT2D eigenvalue weighted by Crippen LogP contribution is 2.29. The summed E-state index contributed by atoms with van der Waals surface area (Å²) >= 11 is 1.13. The smallest absolute Gasteiger partial charge is 0.253 e. The normalized spacial score (nSPS) is 11.9. The summed E-state index contributed by atoms with van der Waals surface area (Å²) in [6.45, 7) is 0.267. The van der Waals surface area contributed by atoms with Gasteiger partial charge in [0.05, 0.1) is 7.11 Å². The van der Waals surface area contributed by atoms with Crippen LogP contribution in [0.2, 0.25) is 0 Å². The van der Waals surface area contributed by atoms with Crippen molar-refractivity contribution < 1.29 is 17.6 Å². The van der Waals surface area contributed by atoms with E-state index < -0.39 is 10.0 Å². The first-order chi connectivity index (χ1) is 10.6. The lowest BCUT2D eigenvalue weighted by molar-refractivity contribution is 0.406. The fourth-order valence-electron chi connectivity index (χ4n) is 2.17. The first-order valence-corrected chi connectivity index (χ1v) is 9.05. The zero-order valence-corrected chi connectivity index (χ0v) is 13.5. The van der Waals surface area contributed by atoms with E-state index >= 15 is 0 Å². The summed E-state index contributed by atoms with van der Waals surface area (Å²) in [7, 11) is -2.10. The number of sulfonamides is 1. The molecule has 22 heavy (non-hydrogen) atoms. The van der Waals surface area contributed by atoms with Crippen LogP contribution in [0.5, 0.6) is 5.75 Å². The number of fused-ring (bicyclic) bond motifs is 1. The fraction of sp³-hybridized carbons (Fsp3) is 0.200. The maximum Gasteiger partial charge on any atom is 0.253 e. The molecule has 0 radical (unpaired) electrons. The molecule has 0 aliphatic heterocycles.